The Hall–Kier alpha value is -2.97. The number of anilines is 2. The Balaban J connectivity index is 2.05. The standard InChI is InChI=1S/C22H23F2N3O2S/c1-26(2)22-12-9-20(25)13-17(22)15-27(14-16-3-5-18(23)6-4-16)30(28,29)21-10-7-19(24)8-11-21/h3-13H,14-15,25H2,1-2H3. The Morgan fingerprint density at radius 3 is 1.97 bits per heavy atom. The zero-order valence-electron chi connectivity index (χ0n) is 16.7. The van der Waals surface area contributed by atoms with Crippen LogP contribution in [0.3, 0.4) is 0 Å². The zero-order chi connectivity index (χ0) is 21.9. The van der Waals surface area contributed by atoms with E-state index in [-0.39, 0.29) is 18.0 Å². The fraction of sp³-hybridized carbons (Fsp3) is 0.182. The lowest BCUT2D eigenvalue weighted by Gasteiger charge is -2.26. The van der Waals surface area contributed by atoms with Crippen LogP contribution in [-0.2, 0) is 23.1 Å². The van der Waals surface area contributed by atoms with E-state index in [1.54, 1.807) is 12.1 Å². The van der Waals surface area contributed by atoms with Crippen LogP contribution < -0.4 is 10.6 Å². The third kappa shape index (κ3) is 4.95. The highest BCUT2D eigenvalue weighted by Gasteiger charge is 2.26. The largest absolute Gasteiger partial charge is 0.399 e. The molecule has 0 aliphatic heterocycles. The van der Waals surface area contributed by atoms with Crippen molar-refractivity contribution in [1.29, 1.82) is 0 Å². The first-order chi connectivity index (χ1) is 14.2. The van der Waals surface area contributed by atoms with Gasteiger partial charge in [-0.2, -0.15) is 4.31 Å². The molecule has 0 heterocycles. The van der Waals surface area contributed by atoms with E-state index >= 15 is 0 Å². The van der Waals surface area contributed by atoms with Crippen LogP contribution in [0.1, 0.15) is 11.1 Å². The number of benzene rings is 3. The Morgan fingerprint density at radius 2 is 1.40 bits per heavy atom. The maximum Gasteiger partial charge on any atom is 0.243 e. The molecule has 0 unspecified atom stereocenters. The number of hydrogen-bond acceptors (Lipinski definition) is 4. The van der Waals surface area contributed by atoms with Crippen molar-refractivity contribution < 1.29 is 17.2 Å². The van der Waals surface area contributed by atoms with E-state index in [1.165, 1.54) is 40.7 Å². The minimum Gasteiger partial charge on any atom is -0.399 e. The molecule has 8 heteroatoms. The molecule has 2 N–H and O–H groups in total. The van der Waals surface area contributed by atoms with Crippen molar-refractivity contribution in [3.8, 4) is 0 Å². The normalized spacial score (nSPS) is 11.6. The van der Waals surface area contributed by atoms with Crippen molar-refractivity contribution in [2.24, 2.45) is 0 Å². The summed E-state index contributed by atoms with van der Waals surface area (Å²) in [6, 6.07) is 15.6. The minimum atomic E-state index is -3.97. The van der Waals surface area contributed by atoms with Crippen LogP contribution in [0.2, 0.25) is 0 Å². The number of nitrogens with zero attached hydrogens (tertiary/aromatic N) is 2. The van der Waals surface area contributed by atoms with Crippen LogP contribution in [0.25, 0.3) is 0 Å². The first kappa shape index (κ1) is 21.7. The molecule has 0 aliphatic carbocycles. The van der Waals surface area contributed by atoms with Gasteiger partial charge in [-0.1, -0.05) is 12.1 Å². The summed E-state index contributed by atoms with van der Waals surface area (Å²) in [4.78, 5) is 1.84. The molecule has 0 saturated heterocycles. The molecular weight excluding hydrogens is 408 g/mol. The molecule has 0 saturated carbocycles. The highest BCUT2D eigenvalue weighted by atomic mass is 32.2. The number of sulfonamides is 1. The highest BCUT2D eigenvalue weighted by molar-refractivity contribution is 7.89. The lowest BCUT2D eigenvalue weighted by atomic mass is 10.1. The van der Waals surface area contributed by atoms with Gasteiger partial charge < -0.3 is 10.6 Å². The van der Waals surface area contributed by atoms with Crippen LogP contribution in [0.15, 0.2) is 71.6 Å². The van der Waals surface area contributed by atoms with Gasteiger partial charge in [-0.05, 0) is 65.7 Å². The second-order valence-corrected chi connectivity index (χ2v) is 9.07. The molecule has 30 heavy (non-hydrogen) atoms. The highest BCUT2D eigenvalue weighted by Crippen LogP contribution is 2.27. The molecule has 0 atom stereocenters. The van der Waals surface area contributed by atoms with E-state index in [9.17, 15) is 17.2 Å². The topological polar surface area (TPSA) is 66.6 Å². The summed E-state index contributed by atoms with van der Waals surface area (Å²) in [5, 5.41) is 0. The predicted molar refractivity (Wildman–Crippen MR) is 114 cm³/mol. The van der Waals surface area contributed by atoms with Crippen LogP contribution >= 0.6 is 0 Å². The van der Waals surface area contributed by atoms with Gasteiger partial charge in [0.05, 0.1) is 4.90 Å². The summed E-state index contributed by atoms with van der Waals surface area (Å²) in [6.07, 6.45) is 0. The van der Waals surface area contributed by atoms with Crippen LogP contribution in [0, 0.1) is 11.6 Å². The lowest BCUT2D eigenvalue weighted by Crippen LogP contribution is -2.31. The molecule has 0 aliphatic rings. The molecule has 3 rings (SSSR count). The average Bonchev–Trinajstić information content (AvgIpc) is 2.69. The number of rotatable bonds is 7. The van der Waals surface area contributed by atoms with E-state index in [2.05, 4.69) is 0 Å². The van der Waals surface area contributed by atoms with Crippen molar-refractivity contribution in [3.05, 3.63) is 89.5 Å². The fourth-order valence-electron chi connectivity index (χ4n) is 3.13. The summed E-state index contributed by atoms with van der Waals surface area (Å²) in [6.45, 7) is 0.0529. The molecule has 3 aromatic rings. The lowest BCUT2D eigenvalue weighted by molar-refractivity contribution is 0.401. The summed E-state index contributed by atoms with van der Waals surface area (Å²) < 4.78 is 54.7. The fourth-order valence-corrected chi connectivity index (χ4v) is 4.54. The SMILES string of the molecule is CN(C)c1ccc(N)cc1CN(Cc1ccc(F)cc1)S(=O)(=O)c1ccc(F)cc1. The Kier molecular flexibility index (Phi) is 6.38. The first-order valence-electron chi connectivity index (χ1n) is 9.23. The van der Waals surface area contributed by atoms with E-state index in [0.717, 1.165) is 17.8 Å². The number of halogens is 2. The zero-order valence-corrected chi connectivity index (χ0v) is 17.5. The smallest absolute Gasteiger partial charge is 0.243 e. The number of hydrogen-bond donors (Lipinski definition) is 1. The summed E-state index contributed by atoms with van der Waals surface area (Å²) in [7, 11) is -0.256. The molecule has 3 aromatic carbocycles. The first-order valence-corrected chi connectivity index (χ1v) is 10.7. The van der Waals surface area contributed by atoms with Crippen LogP contribution in [-0.4, -0.2) is 26.8 Å². The monoisotopic (exact) mass is 431 g/mol. The van der Waals surface area contributed by atoms with Gasteiger partial charge in [0.2, 0.25) is 10.0 Å². The summed E-state index contributed by atoms with van der Waals surface area (Å²) in [5.41, 5.74) is 8.61. The molecule has 5 nitrogen and oxygen atoms in total. The van der Waals surface area contributed by atoms with Gasteiger partial charge in [0.1, 0.15) is 11.6 Å². The molecule has 0 aromatic heterocycles. The number of nitrogens with two attached hydrogens (primary N) is 1. The van der Waals surface area contributed by atoms with Gasteiger partial charge in [-0.25, -0.2) is 17.2 Å². The van der Waals surface area contributed by atoms with Crippen molar-refractivity contribution in [1.82, 2.24) is 4.31 Å². The van der Waals surface area contributed by atoms with Gasteiger partial charge in [0.15, 0.2) is 0 Å². The Bertz CT molecular complexity index is 1120. The third-order valence-electron chi connectivity index (χ3n) is 4.66. The predicted octanol–water partition coefficient (Wildman–Crippen LogP) is 4.00. The minimum absolute atomic E-state index is 0.0155. The maximum absolute atomic E-state index is 13.4. The van der Waals surface area contributed by atoms with Gasteiger partial charge in [-0.3, -0.25) is 0 Å². The quantitative estimate of drug-likeness (QED) is 0.574. The van der Waals surface area contributed by atoms with E-state index in [0.29, 0.717) is 16.8 Å². The van der Waals surface area contributed by atoms with E-state index < -0.39 is 21.7 Å². The van der Waals surface area contributed by atoms with Crippen molar-refractivity contribution in [3.63, 3.8) is 0 Å². The van der Waals surface area contributed by atoms with Crippen molar-refractivity contribution in [2.45, 2.75) is 18.0 Å². The Morgan fingerprint density at radius 1 is 0.833 bits per heavy atom. The second kappa shape index (κ2) is 8.81. The maximum atomic E-state index is 13.4. The van der Waals surface area contributed by atoms with Gasteiger partial charge in [-0.15, -0.1) is 0 Å². The second-order valence-electron chi connectivity index (χ2n) is 7.14. The van der Waals surface area contributed by atoms with Crippen molar-refractivity contribution in [2.75, 3.05) is 24.7 Å². The van der Waals surface area contributed by atoms with Gasteiger partial charge >= 0.3 is 0 Å². The van der Waals surface area contributed by atoms with Crippen LogP contribution in [0.5, 0.6) is 0 Å². The molecule has 0 radical (unpaired) electrons. The van der Waals surface area contributed by atoms with Crippen LogP contribution in [0.4, 0.5) is 20.2 Å². The number of nitrogen functional groups attached to an aromatic ring is 1. The third-order valence-corrected chi connectivity index (χ3v) is 6.46. The van der Waals surface area contributed by atoms with E-state index in [1.807, 2.05) is 25.1 Å². The molecule has 0 bridgehead atoms. The van der Waals surface area contributed by atoms with Crippen molar-refractivity contribution >= 4 is 21.4 Å². The van der Waals surface area contributed by atoms with E-state index in [4.69, 9.17) is 5.73 Å². The molecule has 0 fully saturated rings. The molecule has 0 amide bonds. The molecule has 0 spiro atoms. The van der Waals surface area contributed by atoms with Gasteiger partial charge in [0, 0.05) is 38.6 Å². The average molecular weight is 432 g/mol. The molecule has 158 valence electrons. The van der Waals surface area contributed by atoms with Gasteiger partial charge in [0.25, 0.3) is 0 Å². The summed E-state index contributed by atoms with van der Waals surface area (Å²) >= 11 is 0. The Labute approximate surface area is 175 Å². The molecular formula is C22H23F2N3O2S. The summed E-state index contributed by atoms with van der Waals surface area (Å²) in [5.74, 6) is -0.929.